The van der Waals surface area contributed by atoms with Crippen LogP contribution in [0, 0.1) is 11.8 Å². The molecule has 25 heavy (non-hydrogen) atoms. The van der Waals surface area contributed by atoms with Gasteiger partial charge in [0.25, 0.3) is 5.91 Å². The van der Waals surface area contributed by atoms with Gasteiger partial charge in [0.15, 0.2) is 0 Å². The Bertz CT molecular complexity index is 638. The molecule has 2 saturated heterocycles. The third kappa shape index (κ3) is 4.00. The van der Waals surface area contributed by atoms with Crippen molar-refractivity contribution in [2.24, 2.45) is 11.8 Å². The van der Waals surface area contributed by atoms with Crippen molar-refractivity contribution in [3.05, 3.63) is 35.9 Å². The highest BCUT2D eigenvalue weighted by Crippen LogP contribution is 2.24. The van der Waals surface area contributed by atoms with Crippen LogP contribution in [0.2, 0.25) is 0 Å². The van der Waals surface area contributed by atoms with Crippen molar-refractivity contribution >= 4 is 17.8 Å². The van der Waals surface area contributed by atoms with Gasteiger partial charge in [-0.1, -0.05) is 18.2 Å². The zero-order chi connectivity index (χ0) is 17.8. The summed E-state index contributed by atoms with van der Waals surface area (Å²) in [5.41, 5.74) is 0.674. The van der Waals surface area contributed by atoms with Gasteiger partial charge in [0.1, 0.15) is 0 Å². The highest BCUT2D eigenvalue weighted by atomic mass is 16.4. The number of rotatable bonds is 3. The normalized spacial score (nSPS) is 21.8. The monoisotopic (exact) mass is 344 g/mol. The van der Waals surface area contributed by atoms with E-state index in [2.05, 4.69) is 0 Å². The molecule has 2 fully saturated rings. The third-order valence-corrected chi connectivity index (χ3v) is 5.23. The molecular formula is C19H24N2O4. The van der Waals surface area contributed by atoms with Gasteiger partial charge in [0.2, 0.25) is 5.91 Å². The standard InChI is InChI=1S/C19H24N2O4/c22-17(14-5-2-1-3-6-14)20-11-8-15(9-12-20)18(23)21-10-4-7-16(13-21)19(24)25/h1-3,5-6,15-16H,4,7-13H2,(H,24,25)/t16-/m0/s1. The molecule has 0 unspecified atom stereocenters. The first-order chi connectivity index (χ1) is 12.1. The van der Waals surface area contributed by atoms with E-state index in [0.29, 0.717) is 51.0 Å². The van der Waals surface area contributed by atoms with Crippen molar-refractivity contribution in [2.45, 2.75) is 25.7 Å². The van der Waals surface area contributed by atoms with Crippen LogP contribution in [0.15, 0.2) is 30.3 Å². The minimum Gasteiger partial charge on any atom is -0.481 e. The number of piperidine rings is 2. The summed E-state index contributed by atoms with van der Waals surface area (Å²) in [5, 5.41) is 9.17. The van der Waals surface area contributed by atoms with E-state index in [0.717, 1.165) is 6.42 Å². The van der Waals surface area contributed by atoms with Crippen LogP contribution in [0.4, 0.5) is 0 Å². The van der Waals surface area contributed by atoms with Crippen LogP contribution in [0.1, 0.15) is 36.0 Å². The van der Waals surface area contributed by atoms with E-state index in [4.69, 9.17) is 0 Å². The number of nitrogens with zero attached hydrogens (tertiary/aromatic N) is 2. The SMILES string of the molecule is O=C(O)[C@H]1CCCN(C(=O)C2CCN(C(=O)c3ccccc3)CC2)C1. The molecule has 2 amide bonds. The van der Waals surface area contributed by atoms with E-state index >= 15 is 0 Å². The lowest BCUT2D eigenvalue weighted by molar-refractivity contribution is -0.147. The van der Waals surface area contributed by atoms with Gasteiger partial charge in [-0.15, -0.1) is 0 Å². The summed E-state index contributed by atoms with van der Waals surface area (Å²) in [6.45, 7) is 2.10. The maximum Gasteiger partial charge on any atom is 0.308 e. The molecule has 0 radical (unpaired) electrons. The Morgan fingerprint density at radius 1 is 0.880 bits per heavy atom. The van der Waals surface area contributed by atoms with Gasteiger partial charge in [-0.05, 0) is 37.8 Å². The third-order valence-electron chi connectivity index (χ3n) is 5.23. The summed E-state index contributed by atoms with van der Waals surface area (Å²) in [4.78, 5) is 39.8. The molecule has 2 aliphatic heterocycles. The van der Waals surface area contributed by atoms with Crippen LogP contribution in [0.3, 0.4) is 0 Å². The van der Waals surface area contributed by atoms with Crippen molar-refractivity contribution in [1.82, 2.24) is 9.80 Å². The number of benzene rings is 1. The fourth-order valence-corrected chi connectivity index (χ4v) is 3.73. The van der Waals surface area contributed by atoms with Crippen LogP contribution < -0.4 is 0 Å². The van der Waals surface area contributed by atoms with E-state index in [1.807, 2.05) is 18.2 Å². The maximum absolute atomic E-state index is 12.7. The lowest BCUT2D eigenvalue weighted by Gasteiger charge is -2.37. The van der Waals surface area contributed by atoms with Crippen LogP contribution >= 0.6 is 0 Å². The van der Waals surface area contributed by atoms with Crippen LogP contribution in [0.5, 0.6) is 0 Å². The zero-order valence-electron chi connectivity index (χ0n) is 14.3. The van der Waals surface area contributed by atoms with Crippen LogP contribution in [0.25, 0.3) is 0 Å². The van der Waals surface area contributed by atoms with E-state index in [9.17, 15) is 19.5 Å². The van der Waals surface area contributed by atoms with Crippen molar-refractivity contribution < 1.29 is 19.5 Å². The molecule has 134 valence electrons. The molecule has 1 aromatic rings. The highest BCUT2D eigenvalue weighted by molar-refractivity contribution is 5.94. The molecule has 0 spiro atoms. The van der Waals surface area contributed by atoms with Gasteiger partial charge in [-0.25, -0.2) is 0 Å². The summed E-state index contributed by atoms with van der Waals surface area (Å²) in [7, 11) is 0. The van der Waals surface area contributed by atoms with Gasteiger partial charge in [0.05, 0.1) is 5.92 Å². The number of hydrogen-bond donors (Lipinski definition) is 1. The summed E-state index contributed by atoms with van der Waals surface area (Å²) in [6, 6.07) is 9.18. The Balaban J connectivity index is 1.54. The Hall–Kier alpha value is -2.37. The number of carboxylic acid groups (broad SMARTS) is 1. The van der Waals surface area contributed by atoms with Gasteiger partial charge >= 0.3 is 5.97 Å². The molecule has 3 rings (SSSR count). The number of carboxylic acids is 1. The Morgan fingerprint density at radius 2 is 1.56 bits per heavy atom. The molecule has 2 aliphatic rings. The molecular weight excluding hydrogens is 320 g/mol. The van der Waals surface area contributed by atoms with Crippen LogP contribution in [-0.4, -0.2) is 58.9 Å². The first-order valence-electron chi connectivity index (χ1n) is 8.92. The predicted octanol–water partition coefficient (Wildman–Crippen LogP) is 1.86. The second-order valence-electron chi connectivity index (χ2n) is 6.89. The van der Waals surface area contributed by atoms with Gasteiger partial charge in [0, 0.05) is 37.7 Å². The lowest BCUT2D eigenvalue weighted by atomic mass is 9.92. The zero-order valence-corrected chi connectivity index (χ0v) is 14.3. The molecule has 1 aromatic carbocycles. The first kappa shape index (κ1) is 17.5. The van der Waals surface area contributed by atoms with Gasteiger partial charge in [-0.3, -0.25) is 14.4 Å². The summed E-state index contributed by atoms with van der Waals surface area (Å²) in [5.74, 6) is -1.31. The highest BCUT2D eigenvalue weighted by Gasteiger charge is 2.34. The molecule has 6 heteroatoms. The molecule has 6 nitrogen and oxygen atoms in total. The average molecular weight is 344 g/mol. The van der Waals surface area contributed by atoms with Crippen molar-refractivity contribution in [3.63, 3.8) is 0 Å². The fourth-order valence-electron chi connectivity index (χ4n) is 3.73. The molecule has 2 heterocycles. The molecule has 0 saturated carbocycles. The smallest absolute Gasteiger partial charge is 0.308 e. The molecule has 0 bridgehead atoms. The quantitative estimate of drug-likeness (QED) is 0.908. The van der Waals surface area contributed by atoms with E-state index < -0.39 is 11.9 Å². The number of carbonyl (C=O) groups is 3. The number of likely N-dealkylation sites (tertiary alicyclic amines) is 2. The van der Waals surface area contributed by atoms with Crippen molar-refractivity contribution in [2.75, 3.05) is 26.2 Å². The minimum absolute atomic E-state index is 0.00964. The molecule has 0 aliphatic carbocycles. The van der Waals surface area contributed by atoms with E-state index in [1.165, 1.54) is 0 Å². The summed E-state index contributed by atoms with van der Waals surface area (Å²) in [6.07, 6.45) is 2.68. The second-order valence-corrected chi connectivity index (χ2v) is 6.89. The van der Waals surface area contributed by atoms with Gasteiger partial charge < -0.3 is 14.9 Å². The maximum atomic E-state index is 12.7. The Kier molecular flexibility index (Phi) is 5.36. The Morgan fingerprint density at radius 3 is 2.20 bits per heavy atom. The van der Waals surface area contributed by atoms with Crippen molar-refractivity contribution in [3.8, 4) is 0 Å². The van der Waals surface area contributed by atoms with E-state index in [1.54, 1.807) is 21.9 Å². The number of amides is 2. The molecule has 1 N–H and O–H groups in total. The Labute approximate surface area is 147 Å². The largest absolute Gasteiger partial charge is 0.481 e. The number of aliphatic carboxylic acids is 1. The molecule has 1 atom stereocenters. The number of carbonyl (C=O) groups excluding carboxylic acids is 2. The topological polar surface area (TPSA) is 77.9 Å². The minimum atomic E-state index is -0.819. The summed E-state index contributed by atoms with van der Waals surface area (Å²) >= 11 is 0. The van der Waals surface area contributed by atoms with Crippen molar-refractivity contribution in [1.29, 1.82) is 0 Å². The van der Waals surface area contributed by atoms with Crippen LogP contribution in [-0.2, 0) is 9.59 Å². The first-order valence-corrected chi connectivity index (χ1v) is 8.92. The molecule has 0 aromatic heterocycles. The predicted molar refractivity (Wildman–Crippen MR) is 92.0 cm³/mol. The van der Waals surface area contributed by atoms with E-state index in [-0.39, 0.29) is 17.7 Å². The lowest BCUT2D eigenvalue weighted by Crippen LogP contribution is -2.48. The fraction of sp³-hybridized carbons (Fsp3) is 0.526. The average Bonchev–Trinajstić information content (AvgIpc) is 2.67. The summed E-state index contributed by atoms with van der Waals surface area (Å²) < 4.78 is 0. The second kappa shape index (κ2) is 7.68. The number of hydrogen-bond acceptors (Lipinski definition) is 3. The van der Waals surface area contributed by atoms with Gasteiger partial charge in [-0.2, -0.15) is 0 Å².